The van der Waals surface area contributed by atoms with Crippen molar-refractivity contribution >= 4 is 41.5 Å². The standard InChI is InChI=1S/C18H24ClN3O2.ClH/c19-14-5-7-15(8-6-14)22-11-13(9-17(22)23)18(24)21-16-4-2-1-3-12(16)10-20;/h5-8,12-13,16H,1-4,9-11,20H2,(H,21,24);1H. The Hall–Kier alpha value is -1.30. The zero-order valence-corrected chi connectivity index (χ0v) is 15.7. The second-order valence-electron chi connectivity index (χ2n) is 6.78. The molecule has 3 atom stereocenters. The lowest BCUT2D eigenvalue weighted by Gasteiger charge is -2.32. The van der Waals surface area contributed by atoms with Gasteiger partial charge in [-0.1, -0.05) is 24.4 Å². The van der Waals surface area contributed by atoms with Crippen LogP contribution in [0, 0.1) is 11.8 Å². The number of nitrogens with two attached hydrogens (primary N) is 1. The van der Waals surface area contributed by atoms with Gasteiger partial charge in [-0.25, -0.2) is 0 Å². The smallest absolute Gasteiger partial charge is 0.227 e. The van der Waals surface area contributed by atoms with Gasteiger partial charge in [0.15, 0.2) is 0 Å². The van der Waals surface area contributed by atoms with E-state index in [1.54, 1.807) is 17.0 Å². The van der Waals surface area contributed by atoms with Gasteiger partial charge < -0.3 is 16.0 Å². The largest absolute Gasteiger partial charge is 0.353 e. The minimum absolute atomic E-state index is 0. The van der Waals surface area contributed by atoms with E-state index in [0.29, 0.717) is 24.0 Å². The maximum Gasteiger partial charge on any atom is 0.227 e. The fraction of sp³-hybridized carbons (Fsp3) is 0.556. The van der Waals surface area contributed by atoms with Gasteiger partial charge in [0.2, 0.25) is 11.8 Å². The molecule has 3 unspecified atom stereocenters. The van der Waals surface area contributed by atoms with Gasteiger partial charge in [0.25, 0.3) is 0 Å². The molecule has 138 valence electrons. The van der Waals surface area contributed by atoms with Crippen LogP contribution in [-0.4, -0.2) is 30.9 Å². The normalized spacial score (nSPS) is 26.2. The minimum Gasteiger partial charge on any atom is -0.353 e. The van der Waals surface area contributed by atoms with Crippen molar-refractivity contribution in [2.24, 2.45) is 17.6 Å². The van der Waals surface area contributed by atoms with Crippen LogP contribution in [-0.2, 0) is 9.59 Å². The van der Waals surface area contributed by atoms with Gasteiger partial charge in [-0.3, -0.25) is 9.59 Å². The number of anilines is 1. The van der Waals surface area contributed by atoms with Crippen molar-refractivity contribution in [1.29, 1.82) is 0 Å². The van der Waals surface area contributed by atoms with Gasteiger partial charge in [0, 0.05) is 29.7 Å². The van der Waals surface area contributed by atoms with Gasteiger partial charge in [-0.15, -0.1) is 12.4 Å². The van der Waals surface area contributed by atoms with E-state index < -0.39 is 0 Å². The summed E-state index contributed by atoms with van der Waals surface area (Å²) in [6.07, 6.45) is 4.62. The lowest BCUT2D eigenvalue weighted by atomic mass is 9.84. The molecule has 1 aromatic rings. The molecule has 0 spiro atoms. The highest BCUT2D eigenvalue weighted by molar-refractivity contribution is 6.30. The van der Waals surface area contributed by atoms with E-state index in [1.165, 1.54) is 6.42 Å². The molecule has 2 fully saturated rings. The van der Waals surface area contributed by atoms with Crippen molar-refractivity contribution in [2.75, 3.05) is 18.0 Å². The van der Waals surface area contributed by atoms with E-state index in [0.717, 1.165) is 24.9 Å². The first kappa shape index (κ1) is 20.0. The first-order valence-electron chi connectivity index (χ1n) is 8.65. The summed E-state index contributed by atoms with van der Waals surface area (Å²) in [4.78, 5) is 26.5. The molecule has 3 rings (SSSR count). The summed E-state index contributed by atoms with van der Waals surface area (Å²) in [5, 5.41) is 3.77. The second kappa shape index (κ2) is 8.88. The highest BCUT2D eigenvalue weighted by Crippen LogP contribution is 2.28. The molecule has 1 heterocycles. The second-order valence-corrected chi connectivity index (χ2v) is 7.21. The predicted molar refractivity (Wildman–Crippen MR) is 102 cm³/mol. The molecule has 0 radical (unpaired) electrons. The predicted octanol–water partition coefficient (Wildman–Crippen LogP) is 2.75. The molecule has 2 aliphatic rings. The Labute approximate surface area is 159 Å². The highest BCUT2D eigenvalue weighted by atomic mass is 35.5. The van der Waals surface area contributed by atoms with Crippen molar-refractivity contribution in [3.05, 3.63) is 29.3 Å². The Bertz CT molecular complexity index is 609. The topological polar surface area (TPSA) is 75.4 Å². The Morgan fingerprint density at radius 1 is 1.24 bits per heavy atom. The molecule has 0 aromatic heterocycles. The summed E-state index contributed by atoms with van der Waals surface area (Å²) in [7, 11) is 0. The first-order valence-corrected chi connectivity index (χ1v) is 9.02. The molecule has 1 saturated heterocycles. The number of nitrogens with zero attached hydrogens (tertiary/aromatic N) is 1. The van der Waals surface area contributed by atoms with E-state index in [4.69, 9.17) is 17.3 Å². The van der Waals surface area contributed by atoms with Crippen molar-refractivity contribution in [3.63, 3.8) is 0 Å². The summed E-state index contributed by atoms with van der Waals surface area (Å²) >= 11 is 5.89. The molecule has 1 saturated carbocycles. The van der Waals surface area contributed by atoms with Crippen LogP contribution in [0.5, 0.6) is 0 Å². The number of amides is 2. The first-order chi connectivity index (χ1) is 11.6. The average molecular weight is 386 g/mol. The van der Waals surface area contributed by atoms with Crippen LogP contribution in [0.25, 0.3) is 0 Å². The zero-order chi connectivity index (χ0) is 17.1. The molecule has 5 nitrogen and oxygen atoms in total. The third-order valence-electron chi connectivity index (χ3n) is 5.17. The molecule has 3 N–H and O–H groups in total. The summed E-state index contributed by atoms with van der Waals surface area (Å²) in [5.74, 6) is 0.0161. The summed E-state index contributed by atoms with van der Waals surface area (Å²) in [6, 6.07) is 7.28. The highest BCUT2D eigenvalue weighted by Gasteiger charge is 2.36. The van der Waals surface area contributed by atoms with Crippen molar-refractivity contribution < 1.29 is 9.59 Å². The molecule has 1 aromatic carbocycles. The number of nitrogens with one attached hydrogen (secondary N) is 1. The fourth-order valence-corrected chi connectivity index (χ4v) is 3.86. The van der Waals surface area contributed by atoms with E-state index in [-0.39, 0.29) is 42.6 Å². The van der Waals surface area contributed by atoms with E-state index in [2.05, 4.69) is 5.32 Å². The Kier molecular flexibility index (Phi) is 7.11. The third kappa shape index (κ3) is 4.66. The monoisotopic (exact) mass is 385 g/mol. The third-order valence-corrected chi connectivity index (χ3v) is 5.43. The molecule has 2 amide bonds. The lowest BCUT2D eigenvalue weighted by Crippen LogP contribution is -2.47. The molecule has 0 bridgehead atoms. The number of halogens is 2. The molecule has 1 aliphatic carbocycles. The van der Waals surface area contributed by atoms with Gasteiger partial charge in [0.05, 0.1) is 5.92 Å². The number of hydrogen-bond acceptors (Lipinski definition) is 3. The van der Waals surface area contributed by atoms with Crippen LogP contribution in [0.4, 0.5) is 5.69 Å². The quantitative estimate of drug-likeness (QED) is 0.836. The Morgan fingerprint density at radius 2 is 1.92 bits per heavy atom. The van der Waals surface area contributed by atoms with Gasteiger partial charge in [-0.2, -0.15) is 0 Å². The number of benzene rings is 1. The van der Waals surface area contributed by atoms with Gasteiger partial charge in [-0.05, 0) is 49.6 Å². The number of carbonyl (C=O) groups is 2. The zero-order valence-electron chi connectivity index (χ0n) is 14.1. The lowest BCUT2D eigenvalue weighted by molar-refractivity contribution is -0.127. The summed E-state index contributed by atoms with van der Waals surface area (Å²) in [6.45, 7) is 1.03. The Balaban J connectivity index is 0.00000225. The number of carbonyl (C=O) groups excluding carboxylic acids is 2. The van der Waals surface area contributed by atoms with Crippen LogP contribution >= 0.6 is 24.0 Å². The van der Waals surface area contributed by atoms with Crippen LogP contribution < -0.4 is 16.0 Å². The van der Waals surface area contributed by atoms with Crippen LogP contribution in [0.3, 0.4) is 0 Å². The van der Waals surface area contributed by atoms with E-state index >= 15 is 0 Å². The molecular formula is C18H25Cl2N3O2. The van der Waals surface area contributed by atoms with Crippen molar-refractivity contribution in [1.82, 2.24) is 5.32 Å². The molecular weight excluding hydrogens is 361 g/mol. The molecule has 7 heteroatoms. The fourth-order valence-electron chi connectivity index (χ4n) is 3.73. The average Bonchev–Trinajstić information content (AvgIpc) is 2.98. The maximum absolute atomic E-state index is 12.6. The molecule has 1 aliphatic heterocycles. The van der Waals surface area contributed by atoms with Crippen LogP contribution in [0.2, 0.25) is 5.02 Å². The minimum atomic E-state index is -0.298. The van der Waals surface area contributed by atoms with Crippen LogP contribution in [0.1, 0.15) is 32.1 Å². The SMILES string of the molecule is Cl.NCC1CCCCC1NC(=O)C1CC(=O)N(c2ccc(Cl)cc2)C1. The van der Waals surface area contributed by atoms with Crippen LogP contribution in [0.15, 0.2) is 24.3 Å². The Morgan fingerprint density at radius 3 is 2.60 bits per heavy atom. The number of rotatable bonds is 4. The van der Waals surface area contributed by atoms with Gasteiger partial charge >= 0.3 is 0 Å². The maximum atomic E-state index is 12.6. The van der Waals surface area contributed by atoms with Crippen molar-refractivity contribution in [3.8, 4) is 0 Å². The summed E-state index contributed by atoms with van der Waals surface area (Å²) in [5.41, 5.74) is 6.62. The number of hydrogen-bond donors (Lipinski definition) is 2. The van der Waals surface area contributed by atoms with E-state index in [9.17, 15) is 9.59 Å². The van der Waals surface area contributed by atoms with Crippen molar-refractivity contribution in [2.45, 2.75) is 38.1 Å². The summed E-state index contributed by atoms with van der Waals surface area (Å²) < 4.78 is 0. The van der Waals surface area contributed by atoms with Gasteiger partial charge in [0.1, 0.15) is 0 Å². The molecule has 25 heavy (non-hydrogen) atoms. The van der Waals surface area contributed by atoms with E-state index in [1.807, 2.05) is 12.1 Å².